The number of nitrogens with one attached hydrogen (secondary N) is 1. The molecule has 1 fully saturated rings. The zero-order valence-corrected chi connectivity index (χ0v) is 23.6. The summed E-state index contributed by atoms with van der Waals surface area (Å²) in [6, 6.07) is 37.8. The van der Waals surface area contributed by atoms with Gasteiger partial charge >= 0.3 is 0 Å². The second kappa shape index (κ2) is 13.4. The van der Waals surface area contributed by atoms with Gasteiger partial charge in [-0.1, -0.05) is 97.1 Å². The molecule has 4 aromatic carbocycles. The summed E-state index contributed by atoms with van der Waals surface area (Å²) in [6.07, 6.45) is 6.58. The van der Waals surface area contributed by atoms with Gasteiger partial charge in [0.2, 0.25) is 0 Å². The fourth-order valence-corrected chi connectivity index (χ4v) is 5.47. The average Bonchev–Trinajstić information content (AvgIpc) is 3.41. The van der Waals surface area contributed by atoms with Crippen LogP contribution in [0.5, 0.6) is 0 Å². The first-order valence-electron chi connectivity index (χ1n) is 14.6. The summed E-state index contributed by atoms with van der Waals surface area (Å²) in [7, 11) is 0. The molecular formula is C36H35N3O3. The fraction of sp³-hybridized carbons (Fsp3) is 0.222. The number of aromatic nitrogens is 2. The van der Waals surface area contributed by atoms with Crippen molar-refractivity contribution >= 4 is 23.0 Å². The summed E-state index contributed by atoms with van der Waals surface area (Å²) < 4.78 is 7.85. The van der Waals surface area contributed by atoms with Crippen molar-refractivity contribution in [3.8, 4) is 0 Å². The summed E-state index contributed by atoms with van der Waals surface area (Å²) in [5.74, 6) is 0.757. The van der Waals surface area contributed by atoms with Gasteiger partial charge in [-0.2, -0.15) is 0 Å². The van der Waals surface area contributed by atoms with E-state index in [1.807, 2.05) is 30.3 Å². The van der Waals surface area contributed by atoms with Gasteiger partial charge in [-0.15, -0.1) is 0 Å². The van der Waals surface area contributed by atoms with E-state index in [0.29, 0.717) is 6.61 Å². The zero-order valence-electron chi connectivity index (χ0n) is 23.6. The van der Waals surface area contributed by atoms with Gasteiger partial charge in [-0.3, -0.25) is 4.79 Å². The first-order chi connectivity index (χ1) is 20.7. The lowest BCUT2D eigenvalue weighted by molar-refractivity contribution is -0.198. The SMILES string of the molecule is O=C(/C=C/c1ccc(C(Cc2ccccc2)c2nc3ccccc3n2Cc2ccccc2)cc1)NOC1CCCCO1. The average molecular weight is 558 g/mol. The predicted octanol–water partition coefficient (Wildman–Crippen LogP) is 7.05. The van der Waals surface area contributed by atoms with Gasteiger partial charge in [-0.25, -0.2) is 15.3 Å². The Bertz CT molecular complexity index is 1620. The van der Waals surface area contributed by atoms with Crippen molar-refractivity contribution in [2.45, 2.75) is 44.4 Å². The molecule has 0 bridgehead atoms. The highest BCUT2D eigenvalue weighted by Gasteiger charge is 2.23. The molecule has 6 nitrogen and oxygen atoms in total. The molecule has 0 radical (unpaired) electrons. The minimum atomic E-state index is -0.372. The van der Waals surface area contributed by atoms with Gasteiger partial charge in [-0.05, 0) is 59.7 Å². The maximum atomic E-state index is 12.3. The molecule has 42 heavy (non-hydrogen) atoms. The number of amides is 1. The molecule has 212 valence electrons. The maximum Gasteiger partial charge on any atom is 0.267 e. The van der Waals surface area contributed by atoms with Crippen LogP contribution in [0.15, 0.2) is 115 Å². The highest BCUT2D eigenvalue weighted by molar-refractivity contribution is 5.90. The molecule has 1 aliphatic heterocycles. The second-order valence-electron chi connectivity index (χ2n) is 10.7. The van der Waals surface area contributed by atoms with E-state index in [0.717, 1.165) is 54.6 Å². The summed E-state index contributed by atoms with van der Waals surface area (Å²) in [5, 5.41) is 0. The topological polar surface area (TPSA) is 65.4 Å². The Morgan fingerprint density at radius 3 is 2.36 bits per heavy atom. The van der Waals surface area contributed by atoms with E-state index in [2.05, 4.69) is 88.9 Å². The second-order valence-corrected chi connectivity index (χ2v) is 10.7. The molecule has 1 N–H and O–H groups in total. The maximum absolute atomic E-state index is 12.3. The first-order valence-corrected chi connectivity index (χ1v) is 14.6. The Labute approximate surface area is 246 Å². The molecule has 6 rings (SSSR count). The van der Waals surface area contributed by atoms with Crippen molar-refractivity contribution in [3.05, 3.63) is 143 Å². The van der Waals surface area contributed by atoms with Crippen LogP contribution in [-0.2, 0) is 27.3 Å². The fourth-order valence-electron chi connectivity index (χ4n) is 5.47. The van der Waals surface area contributed by atoms with Crippen molar-refractivity contribution in [1.82, 2.24) is 15.0 Å². The lowest BCUT2D eigenvalue weighted by Crippen LogP contribution is -2.32. The molecule has 2 atom stereocenters. The number of rotatable bonds is 10. The quantitative estimate of drug-likeness (QED) is 0.148. The van der Waals surface area contributed by atoms with Crippen LogP contribution < -0.4 is 5.48 Å². The molecule has 1 aliphatic rings. The van der Waals surface area contributed by atoms with Gasteiger partial charge in [0, 0.05) is 31.6 Å². The summed E-state index contributed by atoms with van der Waals surface area (Å²) in [5.41, 5.74) is 9.18. The number of carbonyl (C=O) groups is 1. The van der Waals surface area contributed by atoms with Crippen LogP contribution in [0, 0.1) is 0 Å². The van der Waals surface area contributed by atoms with Gasteiger partial charge in [0.15, 0.2) is 6.29 Å². The number of ether oxygens (including phenoxy) is 1. The number of benzene rings is 4. The largest absolute Gasteiger partial charge is 0.350 e. The van der Waals surface area contributed by atoms with E-state index < -0.39 is 0 Å². The molecule has 6 heteroatoms. The number of nitrogens with zero attached hydrogens (tertiary/aromatic N) is 2. The Balaban J connectivity index is 1.27. The Hall–Kier alpha value is -4.52. The van der Waals surface area contributed by atoms with Crippen molar-refractivity contribution in [2.24, 2.45) is 0 Å². The van der Waals surface area contributed by atoms with Crippen LogP contribution in [0.3, 0.4) is 0 Å². The van der Waals surface area contributed by atoms with Crippen LogP contribution in [0.25, 0.3) is 17.1 Å². The van der Waals surface area contributed by atoms with Crippen molar-refractivity contribution in [1.29, 1.82) is 0 Å². The lowest BCUT2D eigenvalue weighted by Gasteiger charge is -2.21. The number of hydrogen-bond donors (Lipinski definition) is 1. The monoisotopic (exact) mass is 557 g/mol. The van der Waals surface area contributed by atoms with Crippen molar-refractivity contribution in [3.63, 3.8) is 0 Å². The third kappa shape index (κ3) is 6.85. The van der Waals surface area contributed by atoms with Crippen LogP contribution >= 0.6 is 0 Å². The number of hydroxylamine groups is 1. The van der Waals surface area contributed by atoms with Crippen molar-refractivity contribution < 1.29 is 14.4 Å². The molecule has 1 saturated heterocycles. The Morgan fingerprint density at radius 2 is 1.62 bits per heavy atom. The van der Waals surface area contributed by atoms with Gasteiger partial charge in [0.05, 0.1) is 11.0 Å². The molecule has 0 aliphatic carbocycles. The zero-order chi connectivity index (χ0) is 28.6. The third-order valence-corrected chi connectivity index (χ3v) is 7.66. The number of carbonyl (C=O) groups excluding carboxylic acids is 1. The van der Waals surface area contributed by atoms with E-state index in [9.17, 15) is 4.79 Å². The molecule has 2 heterocycles. The summed E-state index contributed by atoms with van der Waals surface area (Å²) in [4.78, 5) is 22.9. The lowest BCUT2D eigenvalue weighted by atomic mass is 9.90. The summed E-state index contributed by atoms with van der Waals surface area (Å²) >= 11 is 0. The van der Waals surface area contributed by atoms with Gasteiger partial charge in [0.1, 0.15) is 5.82 Å². The van der Waals surface area contributed by atoms with Crippen LogP contribution in [0.4, 0.5) is 0 Å². The first kappa shape index (κ1) is 27.6. The van der Waals surface area contributed by atoms with E-state index in [-0.39, 0.29) is 18.1 Å². The molecule has 5 aromatic rings. The standard InChI is InChI=1S/C36H35N3O3/c40-34(38-42-35-17-9-10-24-41-35)23-20-27-18-21-30(22-19-27)31(25-28-11-3-1-4-12-28)36-37-32-15-7-8-16-33(32)39(36)26-29-13-5-2-6-14-29/h1-8,11-16,18-23,31,35H,9-10,17,24-26H2,(H,38,40)/b23-20+. The molecule has 1 aromatic heterocycles. The smallest absolute Gasteiger partial charge is 0.267 e. The van der Waals surface area contributed by atoms with E-state index in [4.69, 9.17) is 14.6 Å². The van der Waals surface area contributed by atoms with Gasteiger partial charge in [0.25, 0.3) is 5.91 Å². The number of para-hydroxylation sites is 2. The highest BCUT2D eigenvalue weighted by Crippen LogP contribution is 2.32. The number of fused-ring (bicyclic) bond motifs is 1. The highest BCUT2D eigenvalue weighted by atomic mass is 16.8. The van der Waals surface area contributed by atoms with Crippen LogP contribution in [0.1, 0.15) is 53.3 Å². The van der Waals surface area contributed by atoms with E-state index >= 15 is 0 Å². The molecule has 1 amide bonds. The molecule has 0 saturated carbocycles. The minimum Gasteiger partial charge on any atom is -0.350 e. The molecule has 2 unspecified atom stereocenters. The Kier molecular flexibility index (Phi) is 8.84. The molecular weight excluding hydrogens is 522 g/mol. The normalized spacial score (nSPS) is 16.0. The van der Waals surface area contributed by atoms with Crippen molar-refractivity contribution in [2.75, 3.05) is 6.61 Å². The minimum absolute atomic E-state index is 0.0359. The number of hydrogen-bond acceptors (Lipinski definition) is 4. The van der Waals surface area contributed by atoms with Crippen LogP contribution in [0.2, 0.25) is 0 Å². The number of imidazole rings is 1. The Morgan fingerprint density at radius 1 is 0.905 bits per heavy atom. The van der Waals surface area contributed by atoms with E-state index in [1.54, 1.807) is 6.08 Å². The van der Waals surface area contributed by atoms with E-state index in [1.165, 1.54) is 22.8 Å². The van der Waals surface area contributed by atoms with Gasteiger partial charge < -0.3 is 9.30 Å². The van der Waals surface area contributed by atoms with Crippen LogP contribution in [-0.4, -0.2) is 28.4 Å². The third-order valence-electron chi connectivity index (χ3n) is 7.66. The summed E-state index contributed by atoms with van der Waals surface area (Å²) in [6.45, 7) is 1.41. The molecule has 0 spiro atoms. The predicted molar refractivity (Wildman–Crippen MR) is 166 cm³/mol.